The SMILES string of the molecule is COc1ccc(NC(C)CC2COCCN2)c(OC)c1. The molecule has 0 saturated carbocycles. The van der Waals surface area contributed by atoms with Crippen molar-refractivity contribution in [1.29, 1.82) is 0 Å². The van der Waals surface area contributed by atoms with E-state index in [0.29, 0.717) is 12.1 Å². The molecule has 1 aliphatic rings. The molecule has 0 aromatic heterocycles. The lowest BCUT2D eigenvalue weighted by Crippen LogP contribution is -2.43. The van der Waals surface area contributed by atoms with Crippen molar-refractivity contribution in [2.24, 2.45) is 0 Å². The number of benzene rings is 1. The molecule has 112 valence electrons. The zero-order valence-corrected chi connectivity index (χ0v) is 12.4. The first-order valence-corrected chi connectivity index (χ1v) is 7.02. The fourth-order valence-electron chi connectivity index (χ4n) is 2.44. The number of morpholine rings is 1. The number of ether oxygens (including phenoxy) is 3. The number of methoxy groups -OCH3 is 2. The van der Waals surface area contributed by atoms with Crippen molar-refractivity contribution in [3.63, 3.8) is 0 Å². The standard InChI is InChI=1S/C15H24N2O3/c1-11(8-12-10-20-7-6-16-12)17-14-5-4-13(18-2)9-15(14)19-3/h4-5,9,11-12,16-17H,6-8,10H2,1-3H3. The van der Waals surface area contributed by atoms with Gasteiger partial charge in [0.15, 0.2) is 0 Å². The summed E-state index contributed by atoms with van der Waals surface area (Å²) in [6, 6.07) is 6.54. The van der Waals surface area contributed by atoms with Crippen molar-refractivity contribution in [2.45, 2.75) is 25.4 Å². The first-order valence-electron chi connectivity index (χ1n) is 7.02. The van der Waals surface area contributed by atoms with Gasteiger partial charge in [0, 0.05) is 24.7 Å². The average Bonchev–Trinajstić information content (AvgIpc) is 2.48. The lowest BCUT2D eigenvalue weighted by Gasteiger charge is -2.27. The largest absolute Gasteiger partial charge is 0.497 e. The van der Waals surface area contributed by atoms with Gasteiger partial charge < -0.3 is 24.8 Å². The Hall–Kier alpha value is -1.46. The van der Waals surface area contributed by atoms with Crippen molar-refractivity contribution in [3.05, 3.63) is 18.2 Å². The molecule has 1 aromatic rings. The minimum Gasteiger partial charge on any atom is -0.497 e. The molecule has 2 rings (SSSR count). The second-order valence-electron chi connectivity index (χ2n) is 5.07. The van der Waals surface area contributed by atoms with Crippen LogP contribution in [0.1, 0.15) is 13.3 Å². The van der Waals surface area contributed by atoms with Crippen molar-refractivity contribution in [3.8, 4) is 11.5 Å². The monoisotopic (exact) mass is 280 g/mol. The van der Waals surface area contributed by atoms with Gasteiger partial charge in [-0.25, -0.2) is 0 Å². The highest BCUT2D eigenvalue weighted by Gasteiger charge is 2.17. The second-order valence-corrected chi connectivity index (χ2v) is 5.07. The van der Waals surface area contributed by atoms with E-state index in [4.69, 9.17) is 14.2 Å². The van der Waals surface area contributed by atoms with Gasteiger partial charge in [-0.05, 0) is 25.5 Å². The van der Waals surface area contributed by atoms with Gasteiger partial charge in [0.2, 0.25) is 0 Å². The Labute approximate surface area is 120 Å². The fourth-order valence-corrected chi connectivity index (χ4v) is 2.44. The predicted octanol–water partition coefficient (Wildman–Crippen LogP) is 1.88. The molecular weight excluding hydrogens is 256 g/mol. The van der Waals surface area contributed by atoms with E-state index in [1.165, 1.54) is 0 Å². The van der Waals surface area contributed by atoms with Crippen LogP contribution in [0.2, 0.25) is 0 Å². The summed E-state index contributed by atoms with van der Waals surface area (Å²) in [6.45, 7) is 4.69. The number of rotatable bonds is 6. The van der Waals surface area contributed by atoms with Crippen LogP contribution in [0.3, 0.4) is 0 Å². The summed E-state index contributed by atoms with van der Waals surface area (Å²) in [5, 5.41) is 6.95. The molecule has 0 amide bonds. The van der Waals surface area contributed by atoms with E-state index in [9.17, 15) is 0 Å². The maximum atomic E-state index is 5.48. The zero-order valence-electron chi connectivity index (χ0n) is 12.4. The molecule has 0 aliphatic carbocycles. The lowest BCUT2D eigenvalue weighted by atomic mass is 10.1. The number of hydrogen-bond acceptors (Lipinski definition) is 5. The van der Waals surface area contributed by atoms with Crippen LogP contribution in [0.4, 0.5) is 5.69 Å². The van der Waals surface area contributed by atoms with Gasteiger partial charge in [-0.3, -0.25) is 0 Å². The summed E-state index contributed by atoms with van der Waals surface area (Å²) < 4.78 is 16.1. The second kappa shape index (κ2) is 7.36. The number of nitrogens with one attached hydrogen (secondary N) is 2. The Bertz CT molecular complexity index is 420. The van der Waals surface area contributed by atoms with Crippen molar-refractivity contribution >= 4 is 5.69 Å². The van der Waals surface area contributed by atoms with E-state index in [1.54, 1.807) is 14.2 Å². The van der Waals surface area contributed by atoms with Crippen molar-refractivity contribution in [2.75, 3.05) is 39.3 Å². The first kappa shape index (κ1) is 14.9. The Morgan fingerprint density at radius 2 is 2.25 bits per heavy atom. The van der Waals surface area contributed by atoms with Gasteiger partial charge in [0.25, 0.3) is 0 Å². The molecule has 2 N–H and O–H groups in total. The zero-order chi connectivity index (χ0) is 14.4. The highest BCUT2D eigenvalue weighted by atomic mass is 16.5. The summed E-state index contributed by atoms with van der Waals surface area (Å²) >= 11 is 0. The molecule has 2 atom stereocenters. The van der Waals surface area contributed by atoms with Crippen LogP contribution in [0.5, 0.6) is 11.5 Å². The highest BCUT2D eigenvalue weighted by molar-refractivity contribution is 5.59. The predicted molar refractivity (Wildman–Crippen MR) is 79.9 cm³/mol. The molecule has 1 saturated heterocycles. The van der Waals surface area contributed by atoms with Crippen LogP contribution in [-0.2, 0) is 4.74 Å². The Morgan fingerprint density at radius 1 is 1.40 bits per heavy atom. The van der Waals surface area contributed by atoms with Crippen molar-refractivity contribution in [1.82, 2.24) is 5.32 Å². The first-order chi connectivity index (χ1) is 9.72. The number of anilines is 1. The van der Waals surface area contributed by atoms with E-state index in [1.807, 2.05) is 18.2 Å². The molecule has 0 radical (unpaired) electrons. The van der Waals surface area contributed by atoms with Crippen LogP contribution in [0.15, 0.2) is 18.2 Å². The third-order valence-corrected chi connectivity index (χ3v) is 3.45. The summed E-state index contributed by atoms with van der Waals surface area (Å²) in [7, 11) is 3.32. The van der Waals surface area contributed by atoms with E-state index >= 15 is 0 Å². The summed E-state index contributed by atoms with van der Waals surface area (Å²) in [4.78, 5) is 0. The third-order valence-electron chi connectivity index (χ3n) is 3.45. The molecular formula is C15H24N2O3. The summed E-state index contributed by atoms with van der Waals surface area (Å²) in [5.41, 5.74) is 0.984. The maximum absolute atomic E-state index is 5.48. The minimum atomic E-state index is 0.330. The molecule has 5 heteroatoms. The minimum absolute atomic E-state index is 0.330. The topological polar surface area (TPSA) is 51.8 Å². The Morgan fingerprint density at radius 3 is 2.90 bits per heavy atom. The van der Waals surface area contributed by atoms with Gasteiger partial charge in [-0.2, -0.15) is 0 Å². The Kier molecular flexibility index (Phi) is 5.49. The van der Waals surface area contributed by atoms with Crippen molar-refractivity contribution < 1.29 is 14.2 Å². The van der Waals surface area contributed by atoms with Gasteiger partial charge >= 0.3 is 0 Å². The van der Waals surface area contributed by atoms with Gasteiger partial charge in [-0.15, -0.1) is 0 Å². The fraction of sp³-hybridized carbons (Fsp3) is 0.600. The Balaban J connectivity index is 1.94. The van der Waals surface area contributed by atoms with Gasteiger partial charge in [-0.1, -0.05) is 0 Å². The van der Waals surface area contributed by atoms with Crippen LogP contribution in [0, 0.1) is 0 Å². The lowest BCUT2D eigenvalue weighted by molar-refractivity contribution is 0.0731. The molecule has 2 unspecified atom stereocenters. The molecule has 1 fully saturated rings. The molecule has 1 heterocycles. The van der Waals surface area contributed by atoms with E-state index < -0.39 is 0 Å². The summed E-state index contributed by atoms with van der Waals surface area (Å²) in [5.74, 6) is 1.59. The molecule has 0 spiro atoms. The number of hydrogen-bond donors (Lipinski definition) is 2. The quantitative estimate of drug-likeness (QED) is 0.833. The molecule has 5 nitrogen and oxygen atoms in total. The molecule has 1 aliphatic heterocycles. The molecule has 1 aromatic carbocycles. The third kappa shape index (κ3) is 4.02. The highest BCUT2D eigenvalue weighted by Crippen LogP contribution is 2.29. The van der Waals surface area contributed by atoms with Gasteiger partial charge in [0.05, 0.1) is 33.1 Å². The smallest absolute Gasteiger partial charge is 0.145 e. The van der Waals surface area contributed by atoms with Crippen LogP contribution in [-0.4, -0.2) is 46.1 Å². The maximum Gasteiger partial charge on any atom is 0.145 e. The van der Waals surface area contributed by atoms with E-state index in [0.717, 1.165) is 43.4 Å². The normalized spacial score (nSPS) is 20.2. The van der Waals surface area contributed by atoms with Crippen LogP contribution < -0.4 is 20.1 Å². The van der Waals surface area contributed by atoms with E-state index in [2.05, 4.69) is 17.6 Å². The van der Waals surface area contributed by atoms with Gasteiger partial charge in [0.1, 0.15) is 11.5 Å². The van der Waals surface area contributed by atoms with E-state index in [-0.39, 0.29) is 0 Å². The summed E-state index contributed by atoms with van der Waals surface area (Å²) in [6.07, 6.45) is 1.01. The van der Waals surface area contributed by atoms with Crippen LogP contribution in [0.25, 0.3) is 0 Å². The van der Waals surface area contributed by atoms with Crippen LogP contribution >= 0.6 is 0 Å². The molecule has 0 bridgehead atoms. The molecule has 20 heavy (non-hydrogen) atoms. The average molecular weight is 280 g/mol.